The SMILES string of the molecule is CCC(CCl)Nc1ccc(Br)cn1. The minimum atomic E-state index is 0.301. The van der Waals surface area contributed by atoms with Gasteiger partial charge in [-0.3, -0.25) is 0 Å². The molecule has 13 heavy (non-hydrogen) atoms. The summed E-state index contributed by atoms with van der Waals surface area (Å²) in [6, 6.07) is 4.19. The highest BCUT2D eigenvalue weighted by atomic mass is 79.9. The maximum absolute atomic E-state index is 5.75. The molecule has 1 atom stereocenters. The molecule has 2 nitrogen and oxygen atoms in total. The van der Waals surface area contributed by atoms with Gasteiger partial charge in [0.2, 0.25) is 0 Å². The summed E-state index contributed by atoms with van der Waals surface area (Å²) >= 11 is 9.08. The molecule has 72 valence electrons. The lowest BCUT2D eigenvalue weighted by Crippen LogP contribution is -2.20. The maximum atomic E-state index is 5.75. The van der Waals surface area contributed by atoms with Gasteiger partial charge in [0, 0.05) is 22.6 Å². The molecule has 0 saturated carbocycles. The van der Waals surface area contributed by atoms with Crippen LogP contribution < -0.4 is 5.32 Å². The molecule has 1 N–H and O–H groups in total. The Kier molecular flexibility index (Phi) is 4.53. The number of nitrogens with one attached hydrogen (secondary N) is 1. The van der Waals surface area contributed by atoms with Crippen LogP contribution in [0.5, 0.6) is 0 Å². The summed E-state index contributed by atoms with van der Waals surface area (Å²) in [6.45, 7) is 2.10. The fourth-order valence-electron chi connectivity index (χ4n) is 0.920. The Morgan fingerprint density at radius 2 is 2.38 bits per heavy atom. The highest BCUT2D eigenvalue weighted by Gasteiger charge is 2.03. The van der Waals surface area contributed by atoms with Crippen LogP contribution in [0.15, 0.2) is 22.8 Å². The van der Waals surface area contributed by atoms with Crippen LogP contribution in [0.1, 0.15) is 13.3 Å². The van der Waals surface area contributed by atoms with E-state index < -0.39 is 0 Å². The monoisotopic (exact) mass is 262 g/mol. The molecule has 0 aliphatic heterocycles. The number of rotatable bonds is 4. The largest absolute Gasteiger partial charge is 0.366 e. The molecule has 0 radical (unpaired) electrons. The van der Waals surface area contributed by atoms with Crippen molar-refractivity contribution in [2.45, 2.75) is 19.4 Å². The normalized spacial score (nSPS) is 12.5. The number of pyridine rings is 1. The second-order valence-electron chi connectivity index (χ2n) is 2.77. The molecule has 0 saturated heterocycles. The highest BCUT2D eigenvalue weighted by Crippen LogP contribution is 2.12. The van der Waals surface area contributed by atoms with Crippen LogP contribution in [0.4, 0.5) is 5.82 Å². The second-order valence-corrected chi connectivity index (χ2v) is 3.99. The Balaban J connectivity index is 2.58. The topological polar surface area (TPSA) is 24.9 Å². The number of hydrogen-bond donors (Lipinski definition) is 1. The molecule has 0 fully saturated rings. The average molecular weight is 264 g/mol. The summed E-state index contributed by atoms with van der Waals surface area (Å²) in [5.41, 5.74) is 0. The first-order valence-corrected chi connectivity index (χ1v) is 5.53. The van der Waals surface area contributed by atoms with E-state index in [1.165, 1.54) is 0 Å². The zero-order chi connectivity index (χ0) is 9.68. The summed E-state index contributed by atoms with van der Waals surface area (Å²) in [4.78, 5) is 4.20. The van der Waals surface area contributed by atoms with Gasteiger partial charge in [-0.15, -0.1) is 11.6 Å². The minimum absolute atomic E-state index is 0.301. The summed E-state index contributed by atoms with van der Waals surface area (Å²) < 4.78 is 0.983. The molecule has 0 aliphatic rings. The van der Waals surface area contributed by atoms with E-state index in [0.717, 1.165) is 16.7 Å². The van der Waals surface area contributed by atoms with Gasteiger partial charge < -0.3 is 5.32 Å². The molecule has 1 unspecified atom stereocenters. The Hall–Kier alpha value is -0.280. The van der Waals surface area contributed by atoms with Crippen molar-refractivity contribution in [1.82, 2.24) is 4.98 Å². The number of aromatic nitrogens is 1. The van der Waals surface area contributed by atoms with Crippen LogP contribution in [0.25, 0.3) is 0 Å². The van der Waals surface area contributed by atoms with E-state index in [1.807, 2.05) is 12.1 Å². The second kappa shape index (κ2) is 5.45. The Labute approximate surface area is 91.8 Å². The van der Waals surface area contributed by atoms with Crippen molar-refractivity contribution in [3.63, 3.8) is 0 Å². The number of anilines is 1. The van der Waals surface area contributed by atoms with E-state index in [4.69, 9.17) is 11.6 Å². The third kappa shape index (κ3) is 3.53. The smallest absolute Gasteiger partial charge is 0.126 e. The van der Waals surface area contributed by atoms with E-state index in [2.05, 4.69) is 33.2 Å². The van der Waals surface area contributed by atoms with Crippen LogP contribution in [0.2, 0.25) is 0 Å². The van der Waals surface area contributed by atoms with Gasteiger partial charge in [0.1, 0.15) is 5.82 Å². The molecule has 1 aromatic heterocycles. The summed E-state index contributed by atoms with van der Waals surface area (Å²) in [5.74, 6) is 1.48. The summed E-state index contributed by atoms with van der Waals surface area (Å²) in [5, 5.41) is 3.24. The van der Waals surface area contributed by atoms with Crippen molar-refractivity contribution >= 4 is 33.3 Å². The molecule has 0 spiro atoms. The van der Waals surface area contributed by atoms with Gasteiger partial charge in [-0.1, -0.05) is 6.92 Å². The predicted octanol–water partition coefficient (Wildman–Crippen LogP) is 3.27. The Bertz CT molecular complexity index is 246. The molecule has 0 aliphatic carbocycles. The number of hydrogen-bond acceptors (Lipinski definition) is 2. The lowest BCUT2D eigenvalue weighted by molar-refractivity contribution is 0.765. The van der Waals surface area contributed by atoms with E-state index in [9.17, 15) is 0 Å². The van der Waals surface area contributed by atoms with Crippen molar-refractivity contribution in [1.29, 1.82) is 0 Å². The van der Waals surface area contributed by atoms with Gasteiger partial charge in [-0.25, -0.2) is 4.98 Å². The van der Waals surface area contributed by atoms with Crippen LogP contribution >= 0.6 is 27.5 Å². The Morgan fingerprint density at radius 3 is 2.85 bits per heavy atom. The first-order valence-electron chi connectivity index (χ1n) is 4.20. The molecular weight excluding hydrogens is 251 g/mol. The molecule has 4 heteroatoms. The predicted molar refractivity (Wildman–Crippen MR) is 60.4 cm³/mol. The molecule has 1 aromatic rings. The quantitative estimate of drug-likeness (QED) is 0.843. The van der Waals surface area contributed by atoms with Gasteiger partial charge in [0.15, 0.2) is 0 Å². The van der Waals surface area contributed by atoms with Crippen molar-refractivity contribution in [2.75, 3.05) is 11.2 Å². The first kappa shape index (κ1) is 10.8. The van der Waals surface area contributed by atoms with E-state index in [1.54, 1.807) is 6.20 Å². The molecule has 1 rings (SSSR count). The molecule has 0 bridgehead atoms. The summed E-state index contributed by atoms with van der Waals surface area (Å²) in [7, 11) is 0. The van der Waals surface area contributed by atoms with Gasteiger partial charge in [0.05, 0.1) is 0 Å². The van der Waals surface area contributed by atoms with Crippen molar-refractivity contribution < 1.29 is 0 Å². The van der Waals surface area contributed by atoms with E-state index >= 15 is 0 Å². The van der Waals surface area contributed by atoms with Gasteiger partial charge >= 0.3 is 0 Å². The van der Waals surface area contributed by atoms with Crippen molar-refractivity contribution in [3.8, 4) is 0 Å². The minimum Gasteiger partial charge on any atom is -0.366 e. The van der Waals surface area contributed by atoms with E-state index in [0.29, 0.717) is 11.9 Å². The molecule has 0 amide bonds. The zero-order valence-corrected chi connectivity index (χ0v) is 9.77. The van der Waals surface area contributed by atoms with Crippen LogP contribution in [-0.4, -0.2) is 16.9 Å². The Morgan fingerprint density at radius 1 is 1.62 bits per heavy atom. The standard InChI is InChI=1S/C9H12BrClN2/c1-2-8(5-11)13-9-4-3-7(10)6-12-9/h3-4,6,8H,2,5H2,1H3,(H,12,13). The van der Waals surface area contributed by atoms with Gasteiger partial charge in [0.25, 0.3) is 0 Å². The lowest BCUT2D eigenvalue weighted by atomic mass is 10.2. The van der Waals surface area contributed by atoms with Gasteiger partial charge in [-0.2, -0.15) is 0 Å². The first-order chi connectivity index (χ1) is 6.26. The number of nitrogens with zero attached hydrogens (tertiary/aromatic N) is 1. The summed E-state index contributed by atoms with van der Waals surface area (Å²) in [6.07, 6.45) is 2.77. The van der Waals surface area contributed by atoms with E-state index in [-0.39, 0.29) is 0 Å². The maximum Gasteiger partial charge on any atom is 0.126 e. The van der Waals surface area contributed by atoms with Crippen LogP contribution in [-0.2, 0) is 0 Å². The lowest BCUT2D eigenvalue weighted by Gasteiger charge is -2.13. The van der Waals surface area contributed by atoms with Gasteiger partial charge in [-0.05, 0) is 34.5 Å². The van der Waals surface area contributed by atoms with Crippen molar-refractivity contribution in [2.24, 2.45) is 0 Å². The number of halogens is 2. The third-order valence-corrected chi connectivity index (χ3v) is 2.60. The zero-order valence-electron chi connectivity index (χ0n) is 7.43. The molecular formula is C9H12BrClN2. The van der Waals surface area contributed by atoms with Crippen LogP contribution in [0.3, 0.4) is 0 Å². The highest BCUT2D eigenvalue weighted by molar-refractivity contribution is 9.10. The fourth-order valence-corrected chi connectivity index (χ4v) is 1.45. The number of alkyl halides is 1. The van der Waals surface area contributed by atoms with Crippen LogP contribution in [0, 0.1) is 0 Å². The average Bonchev–Trinajstić information content (AvgIpc) is 2.17. The third-order valence-electron chi connectivity index (χ3n) is 1.76. The molecule has 1 heterocycles. The fraction of sp³-hybridized carbons (Fsp3) is 0.444. The van der Waals surface area contributed by atoms with Crippen molar-refractivity contribution in [3.05, 3.63) is 22.8 Å². The molecule has 0 aromatic carbocycles.